The second-order valence-corrected chi connectivity index (χ2v) is 8.08. The Bertz CT molecular complexity index is 169. The van der Waals surface area contributed by atoms with Gasteiger partial charge in [0.25, 0.3) is 0 Å². The van der Waals surface area contributed by atoms with E-state index in [0.29, 0.717) is 16.9 Å². The Balaban J connectivity index is 4.62. The van der Waals surface area contributed by atoms with Crippen LogP contribution < -0.4 is 5.32 Å². The zero-order valence-corrected chi connectivity index (χ0v) is 12.3. The molecule has 0 aliphatic carbocycles. The molecule has 0 aromatic heterocycles. The second-order valence-electron chi connectivity index (χ2n) is 8.08. The molecule has 0 aliphatic rings. The topological polar surface area (TPSA) is 12.0 Å². The van der Waals surface area contributed by atoms with Gasteiger partial charge in [0.2, 0.25) is 0 Å². The molecule has 0 saturated heterocycles. The fourth-order valence-electron chi connectivity index (χ4n) is 1.71. The van der Waals surface area contributed by atoms with Crippen LogP contribution in [0.4, 0.5) is 0 Å². The minimum Gasteiger partial charge on any atom is -0.309 e. The average molecular weight is 213 g/mol. The van der Waals surface area contributed by atoms with Gasteiger partial charge in [-0.15, -0.1) is 0 Å². The molecular weight excluding hydrogens is 182 g/mol. The summed E-state index contributed by atoms with van der Waals surface area (Å²) >= 11 is 0. The molecule has 92 valence electrons. The lowest BCUT2D eigenvalue weighted by molar-refractivity contribution is 0.163. The highest BCUT2D eigenvalue weighted by atomic mass is 15.0. The molecule has 1 heteroatoms. The minimum absolute atomic E-state index is 0.198. The summed E-state index contributed by atoms with van der Waals surface area (Å²) in [6, 6.07) is 0.567. The third kappa shape index (κ3) is 7.84. The van der Waals surface area contributed by atoms with Crippen molar-refractivity contribution < 1.29 is 0 Å². The average Bonchev–Trinajstić information content (AvgIpc) is 1.75. The van der Waals surface area contributed by atoms with E-state index in [2.05, 4.69) is 67.6 Å². The van der Waals surface area contributed by atoms with Crippen LogP contribution in [-0.2, 0) is 0 Å². The van der Waals surface area contributed by atoms with Crippen molar-refractivity contribution in [1.82, 2.24) is 5.32 Å². The van der Waals surface area contributed by atoms with Crippen molar-refractivity contribution in [2.45, 2.75) is 80.3 Å². The summed E-state index contributed by atoms with van der Waals surface area (Å²) in [5, 5.41) is 3.75. The van der Waals surface area contributed by atoms with E-state index in [1.54, 1.807) is 0 Å². The molecule has 1 atom stereocenters. The maximum absolute atomic E-state index is 3.75. The van der Waals surface area contributed by atoms with Crippen LogP contribution in [0.5, 0.6) is 0 Å². The monoisotopic (exact) mass is 213 g/mol. The van der Waals surface area contributed by atoms with Crippen LogP contribution in [0.25, 0.3) is 0 Å². The van der Waals surface area contributed by atoms with Gasteiger partial charge >= 0.3 is 0 Å². The third-order valence-electron chi connectivity index (χ3n) is 2.47. The summed E-state index contributed by atoms with van der Waals surface area (Å²) in [6.07, 6.45) is 1.22. The highest BCUT2D eigenvalue weighted by molar-refractivity contribution is 4.88. The van der Waals surface area contributed by atoms with E-state index in [4.69, 9.17) is 0 Å². The molecule has 0 radical (unpaired) electrons. The van der Waals surface area contributed by atoms with Crippen molar-refractivity contribution in [2.24, 2.45) is 10.8 Å². The largest absolute Gasteiger partial charge is 0.309 e. The molecule has 0 bridgehead atoms. The van der Waals surface area contributed by atoms with E-state index in [-0.39, 0.29) is 5.54 Å². The first-order valence-corrected chi connectivity index (χ1v) is 6.09. The van der Waals surface area contributed by atoms with E-state index >= 15 is 0 Å². The van der Waals surface area contributed by atoms with Gasteiger partial charge in [0.15, 0.2) is 0 Å². The van der Waals surface area contributed by atoms with Crippen LogP contribution in [0.3, 0.4) is 0 Å². The molecule has 0 aromatic rings. The van der Waals surface area contributed by atoms with E-state index in [1.807, 2.05) is 0 Å². The molecule has 0 spiro atoms. The molecule has 1 N–H and O–H groups in total. The predicted molar refractivity (Wildman–Crippen MR) is 70.2 cm³/mol. The van der Waals surface area contributed by atoms with Crippen molar-refractivity contribution in [3.63, 3.8) is 0 Å². The Morgan fingerprint density at radius 2 is 1.20 bits per heavy atom. The maximum Gasteiger partial charge on any atom is 0.0125 e. The normalized spacial score (nSPS) is 16.6. The summed E-state index contributed by atoms with van der Waals surface area (Å²) in [5.74, 6) is 0. The highest BCUT2D eigenvalue weighted by Crippen LogP contribution is 2.31. The number of rotatable bonds is 2. The lowest BCUT2D eigenvalue weighted by Gasteiger charge is -2.40. The van der Waals surface area contributed by atoms with Crippen LogP contribution >= 0.6 is 0 Å². The predicted octanol–water partition coefficient (Wildman–Crippen LogP) is 4.23. The summed E-state index contributed by atoms with van der Waals surface area (Å²) in [7, 11) is 0. The number of hydrogen-bond donors (Lipinski definition) is 1. The van der Waals surface area contributed by atoms with Crippen LogP contribution in [-0.4, -0.2) is 11.6 Å². The Morgan fingerprint density at radius 1 is 0.800 bits per heavy atom. The van der Waals surface area contributed by atoms with Gasteiger partial charge in [0.1, 0.15) is 0 Å². The first-order valence-electron chi connectivity index (χ1n) is 6.09. The van der Waals surface area contributed by atoms with E-state index in [1.165, 1.54) is 6.42 Å². The fraction of sp³-hybridized carbons (Fsp3) is 1.00. The lowest BCUT2D eigenvalue weighted by Crippen LogP contribution is -2.51. The quantitative estimate of drug-likeness (QED) is 0.724. The molecule has 0 rings (SSSR count). The molecular formula is C14H31N. The SMILES string of the molecule is CC(C)(C)CC(NC(C)(C)C)C(C)(C)C. The molecule has 1 nitrogen and oxygen atoms in total. The van der Waals surface area contributed by atoms with Crippen LogP contribution in [0.1, 0.15) is 68.7 Å². The second kappa shape index (κ2) is 4.45. The standard InChI is InChI=1S/C14H31N/c1-12(2,3)10-11(13(4,5)6)15-14(7,8)9/h11,15H,10H2,1-9H3. The molecule has 15 heavy (non-hydrogen) atoms. The van der Waals surface area contributed by atoms with Gasteiger partial charge in [-0.1, -0.05) is 41.5 Å². The van der Waals surface area contributed by atoms with Gasteiger partial charge in [0, 0.05) is 11.6 Å². The number of hydrogen-bond acceptors (Lipinski definition) is 1. The van der Waals surface area contributed by atoms with Crippen molar-refractivity contribution in [3.05, 3.63) is 0 Å². The molecule has 0 saturated carbocycles. The first-order chi connectivity index (χ1) is 6.31. The summed E-state index contributed by atoms with van der Waals surface area (Å²) < 4.78 is 0. The van der Waals surface area contributed by atoms with Crippen LogP contribution in [0, 0.1) is 10.8 Å². The zero-order valence-electron chi connectivity index (χ0n) is 12.3. The molecule has 0 amide bonds. The smallest absolute Gasteiger partial charge is 0.0125 e. The van der Waals surface area contributed by atoms with Gasteiger partial charge in [0.05, 0.1) is 0 Å². The van der Waals surface area contributed by atoms with Gasteiger partial charge in [-0.2, -0.15) is 0 Å². The van der Waals surface area contributed by atoms with Crippen LogP contribution in [0.2, 0.25) is 0 Å². The Hall–Kier alpha value is -0.0400. The maximum atomic E-state index is 3.75. The Labute approximate surface area is 97.0 Å². The molecule has 0 heterocycles. The van der Waals surface area contributed by atoms with Crippen molar-refractivity contribution in [3.8, 4) is 0 Å². The van der Waals surface area contributed by atoms with Crippen molar-refractivity contribution in [1.29, 1.82) is 0 Å². The van der Waals surface area contributed by atoms with Gasteiger partial charge < -0.3 is 5.32 Å². The van der Waals surface area contributed by atoms with Crippen molar-refractivity contribution >= 4 is 0 Å². The molecule has 1 unspecified atom stereocenters. The van der Waals surface area contributed by atoms with Crippen molar-refractivity contribution in [2.75, 3.05) is 0 Å². The molecule has 0 fully saturated rings. The summed E-state index contributed by atoms with van der Waals surface area (Å²) in [6.45, 7) is 20.6. The highest BCUT2D eigenvalue weighted by Gasteiger charge is 2.31. The number of nitrogens with one attached hydrogen (secondary N) is 1. The summed E-state index contributed by atoms with van der Waals surface area (Å²) in [4.78, 5) is 0. The summed E-state index contributed by atoms with van der Waals surface area (Å²) in [5.41, 5.74) is 0.903. The Kier molecular flexibility index (Phi) is 4.44. The van der Waals surface area contributed by atoms with Gasteiger partial charge in [-0.3, -0.25) is 0 Å². The lowest BCUT2D eigenvalue weighted by atomic mass is 9.76. The van der Waals surface area contributed by atoms with Gasteiger partial charge in [-0.05, 0) is 38.0 Å². The zero-order chi connectivity index (χ0) is 12.5. The molecule has 0 aliphatic heterocycles. The van der Waals surface area contributed by atoms with E-state index in [9.17, 15) is 0 Å². The van der Waals surface area contributed by atoms with Gasteiger partial charge in [-0.25, -0.2) is 0 Å². The third-order valence-corrected chi connectivity index (χ3v) is 2.47. The Morgan fingerprint density at radius 3 is 1.40 bits per heavy atom. The van der Waals surface area contributed by atoms with E-state index in [0.717, 1.165) is 0 Å². The first kappa shape index (κ1) is 15.0. The fourth-order valence-corrected chi connectivity index (χ4v) is 1.71. The minimum atomic E-state index is 0.198. The van der Waals surface area contributed by atoms with Crippen LogP contribution in [0.15, 0.2) is 0 Å². The molecule has 0 aromatic carbocycles. The van der Waals surface area contributed by atoms with E-state index < -0.39 is 0 Å².